The Morgan fingerprint density at radius 3 is 3.12 bits per heavy atom. The molecule has 1 aliphatic rings. The molecule has 2 rings (SSSR count). The summed E-state index contributed by atoms with van der Waals surface area (Å²) >= 11 is 0. The van der Waals surface area contributed by atoms with Gasteiger partial charge in [0.1, 0.15) is 5.75 Å². The van der Waals surface area contributed by atoms with E-state index in [0.717, 1.165) is 24.5 Å². The Labute approximate surface area is 103 Å². The Balaban J connectivity index is 1.77. The van der Waals surface area contributed by atoms with Gasteiger partial charge in [-0.1, -0.05) is 0 Å². The summed E-state index contributed by atoms with van der Waals surface area (Å²) < 4.78 is 5.73. The molecule has 0 amide bonds. The lowest BCUT2D eigenvalue weighted by molar-refractivity contribution is 0.233. The molecule has 1 saturated heterocycles. The monoisotopic (exact) mass is 235 g/mol. The van der Waals surface area contributed by atoms with E-state index in [-0.39, 0.29) is 0 Å². The minimum atomic E-state index is 0.690. The zero-order valence-corrected chi connectivity index (χ0v) is 10.6. The SMILES string of the molecule is CNc1cncc(OCCC2CCCN2C)c1. The van der Waals surface area contributed by atoms with Gasteiger partial charge in [0.2, 0.25) is 0 Å². The molecular weight excluding hydrogens is 214 g/mol. The number of nitrogens with one attached hydrogen (secondary N) is 1. The van der Waals surface area contributed by atoms with Gasteiger partial charge in [-0.05, 0) is 32.9 Å². The summed E-state index contributed by atoms with van der Waals surface area (Å²) in [6.07, 6.45) is 7.27. The molecule has 0 radical (unpaired) electrons. The molecule has 17 heavy (non-hydrogen) atoms. The zero-order valence-electron chi connectivity index (χ0n) is 10.6. The predicted molar refractivity (Wildman–Crippen MR) is 69.5 cm³/mol. The van der Waals surface area contributed by atoms with Gasteiger partial charge in [-0.25, -0.2) is 0 Å². The standard InChI is InChI=1S/C13H21N3O/c1-14-11-8-13(10-15-9-11)17-7-5-12-4-3-6-16(12)2/h8-10,12,14H,3-7H2,1-2H3. The molecule has 94 valence electrons. The van der Waals surface area contributed by atoms with Gasteiger partial charge in [0, 0.05) is 19.2 Å². The quantitative estimate of drug-likeness (QED) is 0.847. The molecule has 1 aliphatic heterocycles. The van der Waals surface area contributed by atoms with Crippen LogP contribution in [0, 0.1) is 0 Å². The molecule has 2 heterocycles. The number of hydrogen-bond donors (Lipinski definition) is 1. The second-order valence-electron chi connectivity index (χ2n) is 4.57. The Hall–Kier alpha value is -1.29. The van der Waals surface area contributed by atoms with E-state index in [4.69, 9.17) is 4.74 Å². The summed E-state index contributed by atoms with van der Waals surface area (Å²) in [5.74, 6) is 0.845. The first-order chi connectivity index (χ1) is 8.29. The molecule has 0 saturated carbocycles. The van der Waals surface area contributed by atoms with Crippen LogP contribution in [0.4, 0.5) is 5.69 Å². The van der Waals surface area contributed by atoms with E-state index in [0.29, 0.717) is 6.04 Å². The average Bonchev–Trinajstić information content (AvgIpc) is 2.76. The molecule has 0 aromatic carbocycles. The lowest BCUT2D eigenvalue weighted by Crippen LogP contribution is -2.26. The molecular formula is C13H21N3O. The van der Waals surface area contributed by atoms with Gasteiger partial charge in [-0.15, -0.1) is 0 Å². The third-order valence-electron chi connectivity index (χ3n) is 3.39. The van der Waals surface area contributed by atoms with Crippen molar-refractivity contribution < 1.29 is 4.74 Å². The number of pyridine rings is 1. The number of rotatable bonds is 5. The fraction of sp³-hybridized carbons (Fsp3) is 0.615. The van der Waals surface area contributed by atoms with Crippen LogP contribution in [0.5, 0.6) is 5.75 Å². The maximum atomic E-state index is 5.73. The van der Waals surface area contributed by atoms with Crippen molar-refractivity contribution in [1.29, 1.82) is 0 Å². The van der Waals surface area contributed by atoms with Crippen LogP contribution < -0.4 is 10.1 Å². The summed E-state index contributed by atoms with van der Waals surface area (Å²) in [5.41, 5.74) is 0.987. The van der Waals surface area contributed by atoms with Crippen molar-refractivity contribution in [2.45, 2.75) is 25.3 Å². The van der Waals surface area contributed by atoms with Crippen LogP contribution in [-0.2, 0) is 0 Å². The molecule has 4 heteroatoms. The van der Waals surface area contributed by atoms with E-state index in [1.807, 2.05) is 13.1 Å². The van der Waals surface area contributed by atoms with Crippen LogP contribution in [0.25, 0.3) is 0 Å². The Bertz CT molecular complexity index is 356. The van der Waals surface area contributed by atoms with Crippen molar-refractivity contribution in [3.63, 3.8) is 0 Å². The number of anilines is 1. The van der Waals surface area contributed by atoms with Crippen molar-refractivity contribution in [1.82, 2.24) is 9.88 Å². The molecule has 1 atom stereocenters. The molecule has 0 aliphatic carbocycles. The summed E-state index contributed by atoms with van der Waals surface area (Å²) in [5, 5.41) is 3.06. The smallest absolute Gasteiger partial charge is 0.139 e. The largest absolute Gasteiger partial charge is 0.492 e. The van der Waals surface area contributed by atoms with Crippen LogP contribution in [0.2, 0.25) is 0 Å². The molecule has 1 N–H and O–H groups in total. The van der Waals surface area contributed by atoms with Gasteiger partial charge in [-0.2, -0.15) is 0 Å². The van der Waals surface area contributed by atoms with E-state index in [1.165, 1.54) is 19.4 Å². The molecule has 1 aromatic rings. The fourth-order valence-electron chi connectivity index (χ4n) is 2.29. The second kappa shape index (κ2) is 5.87. The van der Waals surface area contributed by atoms with E-state index >= 15 is 0 Å². The third kappa shape index (κ3) is 3.33. The van der Waals surface area contributed by atoms with Gasteiger partial charge in [0.05, 0.1) is 24.7 Å². The summed E-state index contributed by atoms with van der Waals surface area (Å²) in [4.78, 5) is 6.55. The number of likely N-dealkylation sites (tertiary alicyclic amines) is 1. The molecule has 0 spiro atoms. The third-order valence-corrected chi connectivity index (χ3v) is 3.39. The minimum absolute atomic E-state index is 0.690. The predicted octanol–water partition coefficient (Wildman–Crippen LogP) is 1.99. The molecule has 4 nitrogen and oxygen atoms in total. The lowest BCUT2D eigenvalue weighted by atomic mass is 10.1. The maximum absolute atomic E-state index is 5.73. The van der Waals surface area contributed by atoms with E-state index < -0.39 is 0 Å². The fourth-order valence-corrected chi connectivity index (χ4v) is 2.29. The summed E-state index contributed by atoms with van der Waals surface area (Å²) in [6.45, 7) is 1.99. The first-order valence-corrected chi connectivity index (χ1v) is 6.25. The molecule has 0 bridgehead atoms. The Morgan fingerprint density at radius 1 is 1.53 bits per heavy atom. The van der Waals surface area contributed by atoms with Crippen LogP contribution in [0.1, 0.15) is 19.3 Å². The van der Waals surface area contributed by atoms with Gasteiger partial charge in [0.25, 0.3) is 0 Å². The number of hydrogen-bond acceptors (Lipinski definition) is 4. The Morgan fingerprint density at radius 2 is 2.41 bits per heavy atom. The van der Waals surface area contributed by atoms with Crippen molar-refractivity contribution in [2.24, 2.45) is 0 Å². The van der Waals surface area contributed by atoms with Gasteiger partial charge >= 0.3 is 0 Å². The topological polar surface area (TPSA) is 37.4 Å². The highest BCUT2D eigenvalue weighted by molar-refractivity contribution is 5.44. The highest BCUT2D eigenvalue weighted by Crippen LogP contribution is 2.19. The highest BCUT2D eigenvalue weighted by Gasteiger charge is 2.20. The summed E-state index contributed by atoms with van der Waals surface area (Å²) in [6, 6.07) is 2.67. The lowest BCUT2D eigenvalue weighted by Gasteiger charge is -2.19. The zero-order chi connectivity index (χ0) is 12.1. The van der Waals surface area contributed by atoms with Crippen LogP contribution in [-0.4, -0.2) is 43.2 Å². The van der Waals surface area contributed by atoms with E-state index in [1.54, 1.807) is 12.4 Å². The number of ether oxygens (including phenoxy) is 1. The second-order valence-corrected chi connectivity index (χ2v) is 4.57. The first kappa shape index (κ1) is 12.2. The van der Waals surface area contributed by atoms with Crippen LogP contribution in [0.3, 0.4) is 0 Å². The average molecular weight is 235 g/mol. The van der Waals surface area contributed by atoms with Crippen LogP contribution in [0.15, 0.2) is 18.5 Å². The molecule has 1 fully saturated rings. The first-order valence-electron chi connectivity index (χ1n) is 6.25. The Kier molecular flexibility index (Phi) is 4.20. The van der Waals surface area contributed by atoms with Gasteiger partial charge in [0.15, 0.2) is 0 Å². The normalized spacial score (nSPS) is 20.5. The van der Waals surface area contributed by atoms with Gasteiger partial charge in [-0.3, -0.25) is 4.98 Å². The number of aromatic nitrogens is 1. The highest BCUT2D eigenvalue weighted by atomic mass is 16.5. The molecule has 1 unspecified atom stereocenters. The van der Waals surface area contributed by atoms with E-state index in [2.05, 4.69) is 22.2 Å². The van der Waals surface area contributed by atoms with Gasteiger partial charge < -0.3 is 15.0 Å². The maximum Gasteiger partial charge on any atom is 0.139 e. The van der Waals surface area contributed by atoms with Crippen molar-refractivity contribution in [2.75, 3.05) is 32.6 Å². The summed E-state index contributed by atoms with van der Waals surface area (Å²) in [7, 11) is 4.08. The molecule has 1 aromatic heterocycles. The van der Waals surface area contributed by atoms with E-state index in [9.17, 15) is 0 Å². The van der Waals surface area contributed by atoms with Crippen molar-refractivity contribution in [3.05, 3.63) is 18.5 Å². The minimum Gasteiger partial charge on any atom is -0.492 e. The van der Waals surface area contributed by atoms with Crippen molar-refractivity contribution in [3.8, 4) is 5.75 Å². The van der Waals surface area contributed by atoms with Crippen molar-refractivity contribution >= 4 is 5.69 Å². The number of nitrogens with zero attached hydrogens (tertiary/aromatic N) is 2. The van der Waals surface area contributed by atoms with Crippen LogP contribution >= 0.6 is 0 Å².